The molecule has 31 heavy (non-hydrogen) atoms. The van der Waals surface area contributed by atoms with Gasteiger partial charge < -0.3 is 21.6 Å². The average Bonchev–Trinajstić information content (AvgIpc) is 2.70. The maximum Gasteiger partial charge on any atom is 0.119 e. The summed E-state index contributed by atoms with van der Waals surface area (Å²) in [6.45, 7) is 10.1. The van der Waals surface area contributed by atoms with Gasteiger partial charge in [-0.25, -0.2) is 0 Å². The van der Waals surface area contributed by atoms with Gasteiger partial charge in [0.1, 0.15) is 5.75 Å². The molecule has 166 valence electrons. The number of hydrogen-bond acceptors (Lipinski definition) is 5. The number of benzene rings is 2. The van der Waals surface area contributed by atoms with Crippen molar-refractivity contribution in [1.82, 2.24) is 4.90 Å². The lowest BCUT2D eigenvalue weighted by Gasteiger charge is -2.29. The summed E-state index contributed by atoms with van der Waals surface area (Å²) in [4.78, 5) is 2.44. The average molecular weight is 421 g/mol. The molecular formula is C26H36N4O. The monoisotopic (exact) mass is 420 g/mol. The van der Waals surface area contributed by atoms with E-state index >= 15 is 0 Å². The summed E-state index contributed by atoms with van der Waals surface area (Å²) in [5.41, 5.74) is 14.7. The highest BCUT2D eigenvalue weighted by molar-refractivity contribution is 6.06. The Morgan fingerprint density at radius 3 is 2.58 bits per heavy atom. The van der Waals surface area contributed by atoms with Crippen LogP contribution >= 0.6 is 0 Å². The highest BCUT2D eigenvalue weighted by Crippen LogP contribution is 2.18. The predicted octanol–water partition coefficient (Wildman–Crippen LogP) is 4.98. The second kappa shape index (κ2) is 12.0. The maximum absolute atomic E-state index is 7.94. The normalized spacial score (nSPS) is 12.1. The van der Waals surface area contributed by atoms with Crippen LogP contribution in [0.1, 0.15) is 38.3 Å². The third-order valence-corrected chi connectivity index (χ3v) is 4.55. The number of nitrogens with one attached hydrogen (secondary N) is 1. The summed E-state index contributed by atoms with van der Waals surface area (Å²) < 4.78 is 5.84. The van der Waals surface area contributed by atoms with Crippen molar-refractivity contribution >= 4 is 11.4 Å². The van der Waals surface area contributed by atoms with Crippen LogP contribution in [-0.2, 0) is 6.54 Å². The lowest BCUT2D eigenvalue weighted by atomic mass is 9.95. The Morgan fingerprint density at radius 1 is 1.10 bits per heavy atom. The van der Waals surface area contributed by atoms with Crippen molar-refractivity contribution in [1.29, 1.82) is 5.41 Å². The molecule has 2 rings (SSSR count). The Morgan fingerprint density at radius 2 is 1.87 bits per heavy atom. The van der Waals surface area contributed by atoms with Crippen LogP contribution in [0.15, 0.2) is 73.0 Å². The van der Waals surface area contributed by atoms with Crippen molar-refractivity contribution in [2.45, 2.75) is 33.7 Å². The first-order valence-electron chi connectivity index (χ1n) is 10.7. The summed E-state index contributed by atoms with van der Waals surface area (Å²) in [5, 5.41) is 7.94. The molecule has 2 aromatic rings. The molecule has 0 unspecified atom stereocenters. The van der Waals surface area contributed by atoms with Gasteiger partial charge in [0, 0.05) is 30.9 Å². The fourth-order valence-corrected chi connectivity index (χ4v) is 3.34. The van der Waals surface area contributed by atoms with E-state index in [1.807, 2.05) is 42.5 Å². The predicted molar refractivity (Wildman–Crippen MR) is 131 cm³/mol. The molecule has 0 atom stereocenters. The van der Waals surface area contributed by atoms with Crippen LogP contribution in [0.2, 0.25) is 0 Å². The number of nitrogens with zero attached hydrogens (tertiary/aromatic N) is 1. The molecular weight excluding hydrogens is 384 g/mol. The second-order valence-corrected chi connectivity index (χ2v) is 8.88. The number of hydrogen-bond donors (Lipinski definition) is 3. The van der Waals surface area contributed by atoms with Crippen LogP contribution in [0.25, 0.3) is 0 Å². The third kappa shape index (κ3) is 9.53. The molecule has 0 saturated heterocycles. The van der Waals surface area contributed by atoms with E-state index in [0.717, 1.165) is 43.1 Å². The van der Waals surface area contributed by atoms with Gasteiger partial charge in [0.15, 0.2) is 0 Å². The zero-order chi connectivity index (χ0) is 22.7. The first kappa shape index (κ1) is 24.2. The Kier molecular flexibility index (Phi) is 9.35. The number of anilines is 1. The summed E-state index contributed by atoms with van der Waals surface area (Å²) in [6.07, 6.45) is 8.13. The van der Waals surface area contributed by atoms with Crippen molar-refractivity contribution in [3.8, 4) is 5.75 Å². The largest absolute Gasteiger partial charge is 0.493 e. The molecule has 5 N–H and O–H groups in total. The van der Waals surface area contributed by atoms with Crippen molar-refractivity contribution in [2.24, 2.45) is 11.1 Å². The van der Waals surface area contributed by atoms with Crippen LogP contribution < -0.4 is 16.2 Å². The topological polar surface area (TPSA) is 88.4 Å². The van der Waals surface area contributed by atoms with Gasteiger partial charge in [-0.1, -0.05) is 57.2 Å². The molecule has 5 nitrogen and oxygen atoms in total. The van der Waals surface area contributed by atoms with E-state index in [0.29, 0.717) is 12.3 Å². The lowest BCUT2D eigenvalue weighted by Crippen LogP contribution is -2.32. The summed E-state index contributed by atoms with van der Waals surface area (Å²) in [6, 6.07) is 15.6. The zero-order valence-corrected chi connectivity index (χ0v) is 19.0. The molecule has 0 bridgehead atoms. The first-order chi connectivity index (χ1) is 14.8. The smallest absolute Gasteiger partial charge is 0.119 e. The molecule has 0 aliphatic heterocycles. The van der Waals surface area contributed by atoms with E-state index in [1.165, 1.54) is 11.8 Å². The second-order valence-electron chi connectivity index (χ2n) is 8.88. The van der Waals surface area contributed by atoms with Crippen molar-refractivity contribution in [2.75, 3.05) is 25.4 Å². The van der Waals surface area contributed by atoms with E-state index in [-0.39, 0.29) is 5.41 Å². The van der Waals surface area contributed by atoms with Gasteiger partial charge in [0.25, 0.3) is 0 Å². The first-order valence-corrected chi connectivity index (χ1v) is 10.7. The Hall–Kier alpha value is -3.05. The lowest BCUT2D eigenvalue weighted by molar-refractivity contribution is 0.201. The fourth-order valence-electron chi connectivity index (χ4n) is 3.34. The summed E-state index contributed by atoms with van der Waals surface area (Å²) >= 11 is 0. The molecule has 0 radical (unpaired) electrons. The van der Waals surface area contributed by atoms with Crippen molar-refractivity contribution < 1.29 is 4.74 Å². The Labute approximate surface area is 186 Å². The van der Waals surface area contributed by atoms with Crippen LogP contribution in [0.4, 0.5) is 5.69 Å². The van der Waals surface area contributed by atoms with Crippen molar-refractivity contribution in [3.63, 3.8) is 0 Å². The summed E-state index contributed by atoms with van der Waals surface area (Å²) in [7, 11) is 0. The number of ether oxygens (including phenoxy) is 1. The minimum Gasteiger partial charge on any atom is -0.493 e. The minimum atomic E-state index is 0.217. The van der Waals surface area contributed by atoms with Gasteiger partial charge in [-0.15, -0.1) is 0 Å². The fraction of sp³-hybridized carbons (Fsp3) is 0.346. The number of nitrogen functional groups attached to an aromatic ring is 1. The zero-order valence-electron chi connectivity index (χ0n) is 19.0. The van der Waals surface area contributed by atoms with E-state index in [9.17, 15) is 0 Å². The molecule has 0 spiro atoms. The number of allylic oxidation sites excluding steroid dienone is 1. The molecule has 0 amide bonds. The molecule has 0 aliphatic rings. The van der Waals surface area contributed by atoms with E-state index in [4.69, 9.17) is 21.6 Å². The highest BCUT2D eigenvalue weighted by Gasteiger charge is 2.16. The van der Waals surface area contributed by atoms with Gasteiger partial charge >= 0.3 is 0 Å². The molecule has 0 saturated carbocycles. The molecule has 0 aliphatic carbocycles. The van der Waals surface area contributed by atoms with Crippen LogP contribution in [0.5, 0.6) is 5.75 Å². The quantitative estimate of drug-likeness (QED) is 0.207. The van der Waals surface area contributed by atoms with Gasteiger partial charge in [-0.3, -0.25) is 4.90 Å². The van der Waals surface area contributed by atoms with E-state index in [2.05, 4.69) is 43.9 Å². The molecule has 0 fully saturated rings. The highest BCUT2D eigenvalue weighted by atomic mass is 16.5. The number of rotatable bonds is 11. The van der Waals surface area contributed by atoms with Gasteiger partial charge in [0.05, 0.1) is 12.3 Å². The van der Waals surface area contributed by atoms with Crippen LogP contribution in [0, 0.1) is 10.8 Å². The SMILES string of the molecule is CC(C)(C)CN(C/C=C/CCOc1cccc(C(=N)/C=C\N)c1)Cc1cccc(N)c1. The molecule has 0 aromatic heterocycles. The summed E-state index contributed by atoms with van der Waals surface area (Å²) in [5.74, 6) is 0.761. The minimum absolute atomic E-state index is 0.217. The molecule has 2 aromatic carbocycles. The molecule has 5 heteroatoms. The van der Waals surface area contributed by atoms with Gasteiger partial charge in [-0.05, 0) is 53.9 Å². The maximum atomic E-state index is 7.94. The standard InChI is InChI=1S/C26H36N4O/c1-26(2,3)20-30(19-21-9-7-11-23(28)17-21)15-5-4-6-16-31-24-12-8-10-22(18-24)25(29)13-14-27/h4-5,7-14,17-18,29H,6,15-16,19-20,27-28H2,1-3H3/b5-4+,14-13-,29-25?. The number of nitrogens with two attached hydrogens (primary N) is 2. The van der Waals surface area contributed by atoms with Crippen LogP contribution in [0.3, 0.4) is 0 Å². The Bertz CT molecular complexity index is 896. The van der Waals surface area contributed by atoms with E-state index < -0.39 is 0 Å². The Balaban J connectivity index is 1.84. The third-order valence-electron chi connectivity index (χ3n) is 4.55. The van der Waals surface area contributed by atoms with Gasteiger partial charge in [-0.2, -0.15) is 0 Å². The van der Waals surface area contributed by atoms with E-state index in [1.54, 1.807) is 6.08 Å². The van der Waals surface area contributed by atoms with Gasteiger partial charge in [0.2, 0.25) is 0 Å². The van der Waals surface area contributed by atoms with Crippen molar-refractivity contribution in [3.05, 3.63) is 84.1 Å². The van der Waals surface area contributed by atoms with Crippen LogP contribution in [-0.4, -0.2) is 30.3 Å². The molecule has 0 heterocycles.